The van der Waals surface area contributed by atoms with Crippen LogP contribution in [0.1, 0.15) is 12.8 Å². The summed E-state index contributed by atoms with van der Waals surface area (Å²) in [4.78, 5) is 9.98. The van der Waals surface area contributed by atoms with Crippen molar-refractivity contribution in [2.45, 2.75) is 12.8 Å². The lowest BCUT2D eigenvalue weighted by Gasteiger charge is -2.04. The number of rotatable bonds is 2. The Labute approximate surface area is 59.9 Å². The van der Waals surface area contributed by atoms with Gasteiger partial charge in [-0.2, -0.15) is 0 Å². The molecule has 0 spiro atoms. The van der Waals surface area contributed by atoms with E-state index in [1.54, 1.807) is 12.2 Å². The molecule has 2 heteroatoms. The molecule has 0 aromatic rings. The van der Waals surface area contributed by atoms with Gasteiger partial charge >= 0.3 is 0 Å². The van der Waals surface area contributed by atoms with Crippen molar-refractivity contribution in [1.29, 1.82) is 0 Å². The zero-order chi connectivity index (χ0) is 7.40. The molecule has 10 heavy (non-hydrogen) atoms. The van der Waals surface area contributed by atoms with Crippen LogP contribution >= 0.6 is 0 Å². The van der Waals surface area contributed by atoms with Gasteiger partial charge in [0.15, 0.2) is 0 Å². The fourth-order valence-corrected chi connectivity index (χ4v) is 0.888. The summed E-state index contributed by atoms with van der Waals surface area (Å²) in [5, 5.41) is 2.85. The Morgan fingerprint density at radius 2 is 2.30 bits per heavy atom. The molecule has 0 saturated heterocycles. The van der Waals surface area contributed by atoms with Crippen molar-refractivity contribution in [3.63, 3.8) is 0 Å². The monoisotopic (exact) mass is 135 g/mol. The molecular formula is C8H9NO. The molecule has 0 fully saturated rings. The van der Waals surface area contributed by atoms with E-state index in [1.165, 1.54) is 5.57 Å². The summed E-state index contributed by atoms with van der Waals surface area (Å²) in [5.74, 6) is 0. The standard InChI is InChI=1S/C8H9NO/c1-2-7-3-5-8(9-10)6-4-7/h2-3,5H,1,4,6H2. The molecule has 0 radical (unpaired) electrons. The quantitative estimate of drug-likeness (QED) is 0.535. The summed E-state index contributed by atoms with van der Waals surface area (Å²) in [6, 6.07) is 0. The van der Waals surface area contributed by atoms with Crippen molar-refractivity contribution in [2.24, 2.45) is 5.18 Å². The lowest BCUT2D eigenvalue weighted by atomic mass is 10.0. The molecule has 1 aliphatic carbocycles. The van der Waals surface area contributed by atoms with Gasteiger partial charge in [-0.25, -0.2) is 0 Å². The van der Waals surface area contributed by atoms with E-state index >= 15 is 0 Å². The van der Waals surface area contributed by atoms with Crippen molar-refractivity contribution in [3.05, 3.63) is 41.0 Å². The van der Waals surface area contributed by atoms with Crippen molar-refractivity contribution in [3.8, 4) is 0 Å². The smallest absolute Gasteiger partial charge is 0.0852 e. The van der Waals surface area contributed by atoms with Gasteiger partial charge in [-0.15, -0.1) is 4.91 Å². The van der Waals surface area contributed by atoms with Crippen molar-refractivity contribution in [1.82, 2.24) is 0 Å². The fourth-order valence-electron chi connectivity index (χ4n) is 0.888. The molecule has 2 nitrogen and oxygen atoms in total. The van der Waals surface area contributed by atoms with E-state index in [2.05, 4.69) is 11.8 Å². The van der Waals surface area contributed by atoms with Gasteiger partial charge in [0.05, 0.1) is 5.70 Å². The van der Waals surface area contributed by atoms with E-state index in [0.717, 1.165) is 12.8 Å². The second-order valence-electron chi connectivity index (χ2n) is 2.19. The van der Waals surface area contributed by atoms with Crippen LogP contribution in [0.15, 0.2) is 41.3 Å². The van der Waals surface area contributed by atoms with E-state index in [9.17, 15) is 4.91 Å². The Bertz CT molecular complexity index is 189. The molecule has 0 aromatic heterocycles. The van der Waals surface area contributed by atoms with E-state index < -0.39 is 0 Å². The molecule has 0 aliphatic heterocycles. The first-order valence-electron chi connectivity index (χ1n) is 3.22. The average molecular weight is 135 g/mol. The Morgan fingerprint density at radius 1 is 1.50 bits per heavy atom. The van der Waals surface area contributed by atoms with E-state index in [4.69, 9.17) is 0 Å². The highest BCUT2D eigenvalue weighted by Gasteiger charge is 2.02. The summed E-state index contributed by atoms with van der Waals surface area (Å²) in [7, 11) is 0. The highest BCUT2D eigenvalue weighted by atomic mass is 16.3. The van der Waals surface area contributed by atoms with Crippen LogP contribution in [0.4, 0.5) is 0 Å². The Hall–Kier alpha value is -1.18. The molecule has 0 unspecified atom stereocenters. The van der Waals surface area contributed by atoms with Gasteiger partial charge in [-0.1, -0.05) is 18.7 Å². The second kappa shape index (κ2) is 3.11. The highest BCUT2D eigenvalue weighted by Crippen LogP contribution is 2.18. The molecule has 52 valence electrons. The maximum absolute atomic E-state index is 9.98. The zero-order valence-corrected chi connectivity index (χ0v) is 5.71. The van der Waals surface area contributed by atoms with Gasteiger partial charge in [-0.05, 0) is 29.7 Å². The zero-order valence-electron chi connectivity index (χ0n) is 5.71. The summed E-state index contributed by atoms with van der Waals surface area (Å²) in [5.41, 5.74) is 1.80. The van der Waals surface area contributed by atoms with Crippen molar-refractivity contribution < 1.29 is 0 Å². The molecule has 1 rings (SSSR count). The maximum Gasteiger partial charge on any atom is 0.0852 e. The van der Waals surface area contributed by atoms with Gasteiger partial charge < -0.3 is 0 Å². The van der Waals surface area contributed by atoms with Crippen molar-refractivity contribution in [2.75, 3.05) is 0 Å². The van der Waals surface area contributed by atoms with Crippen LogP contribution in [-0.2, 0) is 0 Å². The molecule has 0 amide bonds. The van der Waals surface area contributed by atoms with Gasteiger partial charge in [0.2, 0.25) is 0 Å². The molecule has 0 bridgehead atoms. The van der Waals surface area contributed by atoms with Crippen LogP contribution in [0, 0.1) is 4.91 Å². The van der Waals surface area contributed by atoms with Gasteiger partial charge in [0.25, 0.3) is 0 Å². The lowest BCUT2D eigenvalue weighted by molar-refractivity contribution is 0.910. The number of allylic oxidation sites excluding steroid dienone is 5. The second-order valence-corrected chi connectivity index (χ2v) is 2.19. The minimum Gasteiger partial charge on any atom is -0.145 e. The largest absolute Gasteiger partial charge is 0.145 e. The number of hydrogen-bond acceptors (Lipinski definition) is 2. The fraction of sp³-hybridized carbons (Fsp3) is 0.250. The van der Waals surface area contributed by atoms with E-state index in [1.807, 2.05) is 6.08 Å². The summed E-state index contributed by atoms with van der Waals surface area (Å²) in [6.45, 7) is 3.63. The molecule has 1 aliphatic rings. The number of nitrogens with zero attached hydrogens (tertiary/aromatic N) is 1. The van der Waals surface area contributed by atoms with Gasteiger partial charge in [-0.3, -0.25) is 0 Å². The third kappa shape index (κ3) is 1.41. The van der Waals surface area contributed by atoms with Crippen LogP contribution in [0.3, 0.4) is 0 Å². The summed E-state index contributed by atoms with van der Waals surface area (Å²) < 4.78 is 0. The molecule has 0 heterocycles. The normalized spacial score (nSPS) is 17.2. The third-order valence-electron chi connectivity index (χ3n) is 1.54. The summed E-state index contributed by atoms with van der Waals surface area (Å²) in [6.07, 6.45) is 7.07. The third-order valence-corrected chi connectivity index (χ3v) is 1.54. The topological polar surface area (TPSA) is 29.4 Å². The predicted octanol–water partition coefficient (Wildman–Crippen LogP) is 2.54. The van der Waals surface area contributed by atoms with Crippen LogP contribution < -0.4 is 0 Å². The number of nitroso groups, excluding NO2 is 1. The number of hydrogen-bond donors (Lipinski definition) is 0. The van der Waals surface area contributed by atoms with Crippen LogP contribution in [0.2, 0.25) is 0 Å². The van der Waals surface area contributed by atoms with E-state index in [0.29, 0.717) is 5.70 Å². The Balaban J connectivity index is 2.73. The van der Waals surface area contributed by atoms with Gasteiger partial charge in [0.1, 0.15) is 0 Å². The predicted molar refractivity (Wildman–Crippen MR) is 41.4 cm³/mol. The van der Waals surface area contributed by atoms with Crippen molar-refractivity contribution >= 4 is 0 Å². The van der Waals surface area contributed by atoms with Gasteiger partial charge in [0, 0.05) is 0 Å². The first-order valence-corrected chi connectivity index (χ1v) is 3.22. The first kappa shape index (κ1) is 6.93. The minimum atomic E-state index is 0.630. The average Bonchev–Trinajstić information content (AvgIpc) is 2.05. The molecular weight excluding hydrogens is 126 g/mol. The maximum atomic E-state index is 9.98. The molecule has 0 saturated carbocycles. The van der Waals surface area contributed by atoms with Crippen LogP contribution in [-0.4, -0.2) is 0 Å². The minimum absolute atomic E-state index is 0.630. The lowest BCUT2D eigenvalue weighted by Crippen LogP contribution is -1.87. The molecule has 0 atom stereocenters. The van der Waals surface area contributed by atoms with Crippen LogP contribution in [0.5, 0.6) is 0 Å². The Kier molecular flexibility index (Phi) is 2.15. The highest BCUT2D eigenvalue weighted by molar-refractivity contribution is 5.29. The molecule has 0 aromatic carbocycles. The summed E-state index contributed by atoms with van der Waals surface area (Å²) >= 11 is 0. The molecule has 0 N–H and O–H groups in total. The first-order chi connectivity index (χ1) is 4.86. The van der Waals surface area contributed by atoms with E-state index in [-0.39, 0.29) is 0 Å². The SMILES string of the molecule is C=CC1=CC=C(N=O)CC1. The van der Waals surface area contributed by atoms with Crippen LogP contribution in [0.25, 0.3) is 0 Å². The Morgan fingerprint density at radius 3 is 2.70 bits per heavy atom.